The second-order valence-corrected chi connectivity index (χ2v) is 5.64. The molecule has 0 aliphatic carbocycles. The van der Waals surface area contributed by atoms with Gasteiger partial charge >= 0.3 is 5.97 Å². The Morgan fingerprint density at radius 3 is 2.29 bits per heavy atom. The zero-order valence-electron chi connectivity index (χ0n) is 13.8. The molecule has 0 heterocycles. The fraction of sp³-hybridized carbons (Fsp3) is 0.933. The number of esters is 1. The van der Waals surface area contributed by atoms with Crippen molar-refractivity contribution in [2.24, 2.45) is 0 Å². The van der Waals surface area contributed by atoms with Crippen molar-refractivity contribution < 1.29 is 19.0 Å². The van der Waals surface area contributed by atoms with Gasteiger partial charge in [0.25, 0.3) is 0 Å². The summed E-state index contributed by atoms with van der Waals surface area (Å²) in [5, 5.41) is 0. The molecule has 0 N–H and O–H groups in total. The first-order valence-electron chi connectivity index (χ1n) is 7.85. The van der Waals surface area contributed by atoms with Crippen LogP contribution in [0, 0.1) is 0 Å². The monoisotopic (exact) mass is 321 g/mol. The quantitative estimate of drug-likeness (QED) is 0.340. The largest absolute Gasteiger partial charge is 0.463 e. The number of hydrogen-bond acceptors (Lipinski definition) is 6. The summed E-state index contributed by atoms with van der Waals surface area (Å²) >= 11 is 1.80. The van der Waals surface area contributed by atoms with E-state index in [0.29, 0.717) is 39.5 Å². The molecule has 0 rings (SSSR count). The average Bonchev–Trinajstić information content (AvgIpc) is 2.50. The highest BCUT2D eigenvalue weighted by atomic mass is 32.2. The molecule has 0 aliphatic heterocycles. The molecule has 0 spiro atoms. The highest BCUT2D eigenvalue weighted by Gasteiger charge is 2.03. The van der Waals surface area contributed by atoms with Gasteiger partial charge in [0.15, 0.2) is 0 Å². The zero-order chi connectivity index (χ0) is 15.8. The van der Waals surface area contributed by atoms with Crippen LogP contribution >= 0.6 is 11.8 Å². The average molecular weight is 321 g/mol. The molecule has 0 saturated heterocycles. The topological polar surface area (TPSA) is 48.0 Å². The van der Waals surface area contributed by atoms with Gasteiger partial charge in [-0.05, 0) is 20.0 Å². The molecule has 0 unspecified atom stereocenters. The lowest BCUT2D eigenvalue weighted by Gasteiger charge is -2.17. The number of rotatable bonds is 15. The summed E-state index contributed by atoms with van der Waals surface area (Å²) in [4.78, 5) is 13.8. The molecule has 0 atom stereocenters. The third-order valence-corrected chi connectivity index (χ3v) is 3.93. The Morgan fingerprint density at radius 1 is 0.952 bits per heavy atom. The van der Waals surface area contributed by atoms with Gasteiger partial charge in [-0.1, -0.05) is 13.8 Å². The predicted octanol–water partition coefficient (Wildman–Crippen LogP) is 2.05. The van der Waals surface area contributed by atoms with Crippen LogP contribution in [0.1, 0.15) is 27.2 Å². The summed E-state index contributed by atoms with van der Waals surface area (Å²) in [5.74, 6) is 1.75. The van der Waals surface area contributed by atoms with Crippen LogP contribution in [0.3, 0.4) is 0 Å². The Labute approximate surface area is 133 Å². The van der Waals surface area contributed by atoms with E-state index in [1.165, 1.54) is 0 Å². The molecule has 0 aromatic heterocycles. The normalized spacial score (nSPS) is 11.0. The van der Waals surface area contributed by atoms with E-state index in [4.69, 9.17) is 14.2 Å². The van der Waals surface area contributed by atoms with E-state index < -0.39 is 0 Å². The minimum Gasteiger partial charge on any atom is -0.463 e. The lowest BCUT2D eigenvalue weighted by Crippen LogP contribution is -2.25. The van der Waals surface area contributed by atoms with Crippen LogP contribution in [0.25, 0.3) is 0 Å². The minimum absolute atomic E-state index is 0.140. The maximum Gasteiger partial charge on any atom is 0.306 e. The molecule has 0 aliphatic rings. The van der Waals surface area contributed by atoms with Crippen molar-refractivity contribution in [3.8, 4) is 0 Å². The van der Waals surface area contributed by atoms with Crippen LogP contribution in [0.5, 0.6) is 0 Å². The van der Waals surface area contributed by atoms with Gasteiger partial charge in [-0.15, -0.1) is 0 Å². The number of carbonyl (C=O) groups is 1. The van der Waals surface area contributed by atoms with Crippen molar-refractivity contribution in [1.29, 1.82) is 0 Å². The molecule has 5 nitrogen and oxygen atoms in total. The first-order chi connectivity index (χ1) is 10.2. The van der Waals surface area contributed by atoms with Crippen molar-refractivity contribution in [3.05, 3.63) is 0 Å². The van der Waals surface area contributed by atoms with Crippen LogP contribution in [0.15, 0.2) is 0 Å². The Hall–Kier alpha value is -0.300. The van der Waals surface area contributed by atoms with E-state index in [1.54, 1.807) is 11.8 Å². The van der Waals surface area contributed by atoms with Crippen LogP contribution in [-0.2, 0) is 19.0 Å². The summed E-state index contributed by atoms with van der Waals surface area (Å²) < 4.78 is 15.5. The van der Waals surface area contributed by atoms with E-state index in [0.717, 1.165) is 31.1 Å². The predicted molar refractivity (Wildman–Crippen MR) is 88.0 cm³/mol. The van der Waals surface area contributed by atoms with Gasteiger partial charge in [0.2, 0.25) is 0 Å². The molecule has 21 heavy (non-hydrogen) atoms. The minimum atomic E-state index is -0.140. The third kappa shape index (κ3) is 14.4. The summed E-state index contributed by atoms with van der Waals surface area (Å²) in [6.45, 7) is 12.1. The standard InChI is InChI=1S/C15H31NO4S/c1-4-16(5-2)8-14-21-13-7-15(17)20-12-11-19-10-9-18-6-3/h4-14H2,1-3H3. The molecule has 0 amide bonds. The molecule has 0 fully saturated rings. The van der Waals surface area contributed by atoms with Crippen LogP contribution in [0.2, 0.25) is 0 Å². The molecule has 0 saturated carbocycles. The Balaban J connectivity index is 3.27. The van der Waals surface area contributed by atoms with E-state index in [2.05, 4.69) is 18.7 Å². The molecule has 0 radical (unpaired) electrons. The van der Waals surface area contributed by atoms with Crippen molar-refractivity contribution in [3.63, 3.8) is 0 Å². The molecule has 0 bridgehead atoms. The zero-order valence-corrected chi connectivity index (χ0v) is 14.6. The number of nitrogens with zero attached hydrogens (tertiary/aromatic N) is 1. The Morgan fingerprint density at radius 2 is 1.62 bits per heavy atom. The smallest absolute Gasteiger partial charge is 0.306 e. The van der Waals surface area contributed by atoms with E-state index in [9.17, 15) is 4.79 Å². The first kappa shape index (κ1) is 20.7. The van der Waals surface area contributed by atoms with Gasteiger partial charge in [-0.25, -0.2) is 0 Å². The van der Waals surface area contributed by atoms with E-state index in [1.807, 2.05) is 6.92 Å². The Kier molecular flexibility index (Phi) is 15.8. The summed E-state index contributed by atoms with van der Waals surface area (Å²) in [6.07, 6.45) is 0.474. The summed E-state index contributed by atoms with van der Waals surface area (Å²) in [5.41, 5.74) is 0. The summed E-state index contributed by atoms with van der Waals surface area (Å²) in [7, 11) is 0. The number of carbonyl (C=O) groups excluding carboxylic acids is 1. The molecule has 126 valence electrons. The fourth-order valence-corrected chi connectivity index (χ4v) is 2.54. The lowest BCUT2D eigenvalue weighted by molar-refractivity contribution is -0.144. The van der Waals surface area contributed by atoms with Crippen molar-refractivity contribution in [2.45, 2.75) is 27.2 Å². The van der Waals surface area contributed by atoms with E-state index >= 15 is 0 Å². The van der Waals surface area contributed by atoms with Crippen molar-refractivity contribution in [1.82, 2.24) is 4.90 Å². The SMILES string of the molecule is CCOCCOCCOC(=O)CCSCCN(CC)CC. The molecule has 6 heteroatoms. The number of hydrogen-bond donors (Lipinski definition) is 0. The fourth-order valence-electron chi connectivity index (χ4n) is 1.64. The highest BCUT2D eigenvalue weighted by molar-refractivity contribution is 7.99. The van der Waals surface area contributed by atoms with Gasteiger partial charge < -0.3 is 19.1 Å². The Bertz CT molecular complexity index is 238. The van der Waals surface area contributed by atoms with Crippen LogP contribution in [-0.4, -0.2) is 75.0 Å². The summed E-state index contributed by atoms with van der Waals surface area (Å²) in [6, 6.07) is 0. The maximum absolute atomic E-state index is 11.5. The molecule has 0 aromatic rings. The molecule has 0 aromatic carbocycles. The van der Waals surface area contributed by atoms with Gasteiger partial charge in [0.1, 0.15) is 6.61 Å². The molecular weight excluding hydrogens is 290 g/mol. The molecular formula is C15H31NO4S. The van der Waals surface area contributed by atoms with Gasteiger partial charge in [-0.2, -0.15) is 11.8 Å². The maximum atomic E-state index is 11.5. The number of ether oxygens (including phenoxy) is 3. The highest BCUT2D eigenvalue weighted by Crippen LogP contribution is 2.04. The first-order valence-corrected chi connectivity index (χ1v) is 9.01. The second-order valence-electron chi connectivity index (χ2n) is 4.42. The second kappa shape index (κ2) is 16.1. The van der Waals surface area contributed by atoms with Gasteiger partial charge in [0, 0.05) is 24.7 Å². The van der Waals surface area contributed by atoms with Crippen molar-refractivity contribution in [2.75, 3.05) is 64.2 Å². The third-order valence-electron chi connectivity index (χ3n) is 2.96. The van der Waals surface area contributed by atoms with Gasteiger partial charge in [0.05, 0.1) is 26.2 Å². The number of thioether (sulfide) groups is 1. The van der Waals surface area contributed by atoms with Crippen molar-refractivity contribution >= 4 is 17.7 Å². The van der Waals surface area contributed by atoms with Crippen LogP contribution in [0.4, 0.5) is 0 Å². The lowest BCUT2D eigenvalue weighted by atomic mass is 10.5. The van der Waals surface area contributed by atoms with Gasteiger partial charge in [-0.3, -0.25) is 4.79 Å². The van der Waals surface area contributed by atoms with E-state index in [-0.39, 0.29) is 5.97 Å². The van der Waals surface area contributed by atoms with Crippen LogP contribution < -0.4 is 0 Å².